The van der Waals surface area contributed by atoms with Gasteiger partial charge in [0.15, 0.2) is 0 Å². The van der Waals surface area contributed by atoms with Crippen LogP contribution >= 0.6 is 15.9 Å². The fourth-order valence-corrected chi connectivity index (χ4v) is 4.32. The van der Waals surface area contributed by atoms with Crippen molar-refractivity contribution in [1.29, 1.82) is 0 Å². The van der Waals surface area contributed by atoms with Crippen molar-refractivity contribution < 1.29 is 9.59 Å². The largest absolute Gasteiger partial charge is 0.349 e. The van der Waals surface area contributed by atoms with E-state index in [1.54, 1.807) is 4.90 Å². The highest BCUT2D eigenvalue weighted by molar-refractivity contribution is 9.10. The van der Waals surface area contributed by atoms with E-state index < -0.39 is 11.6 Å². The second-order valence-corrected chi connectivity index (χ2v) is 10.2. The maximum Gasteiger partial charge on any atom is 0.255 e. The molecule has 4 rings (SSSR count). The van der Waals surface area contributed by atoms with Crippen molar-refractivity contribution in [2.24, 2.45) is 0 Å². The van der Waals surface area contributed by atoms with Crippen molar-refractivity contribution in [2.75, 3.05) is 0 Å². The second kappa shape index (κ2) is 9.36. The Balaban J connectivity index is 1.91. The molecule has 3 aromatic carbocycles. The van der Waals surface area contributed by atoms with Gasteiger partial charge in [-0.1, -0.05) is 76.6 Å². The zero-order valence-corrected chi connectivity index (χ0v) is 20.6. The Bertz CT molecular complexity index is 1190. The molecule has 1 aliphatic heterocycles. The molecule has 2 amide bonds. The minimum atomic E-state index is -0.787. The third-order valence-electron chi connectivity index (χ3n) is 5.49. The lowest BCUT2D eigenvalue weighted by Crippen LogP contribution is -2.53. The Morgan fingerprint density at radius 3 is 2.24 bits per heavy atom. The molecule has 1 aliphatic rings. The molecule has 0 saturated carbocycles. The highest BCUT2D eigenvalue weighted by atomic mass is 79.9. The predicted molar refractivity (Wildman–Crippen MR) is 136 cm³/mol. The molecule has 0 spiro atoms. The molecule has 0 radical (unpaired) electrons. The van der Waals surface area contributed by atoms with Gasteiger partial charge >= 0.3 is 0 Å². The van der Waals surface area contributed by atoms with Crippen LogP contribution in [0.2, 0.25) is 0 Å². The zero-order chi connectivity index (χ0) is 23.6. The summed E-state index contributed by atoms with van der Waals surface area (Å²) in [6, 6.07) is 24.4. The minimum absolute atomic E-state index is 0.160. The first-order chi connectivity index (χ1) is 15.7. The van der Waals surface area contributed by atoms with Crippen LogP contribution in [0.25, 0.3) is 11.6 Å². The van der Waals surface area contributed by atoms with E-state index in [4.69, 9.17) is 0 Å². The number of halogens is 1. The van der Waals surface area contributed by atoms with Crippen LogP contribution in [0, 0.1) is 0 Å². The number of nitrogens with one attached hydrogen (secondary N) is 1. The van der Waals surface area contributed by atoms with Crippen molar-refractivity contribution in [3.8, 4) is 0 Å². The van der Waals surface area contributed by atoms with E-state index >= 15 is 0 Å². The molecule has 1 N–H and O–H groups in total. The van der Waals surface area contributed by atoms with Crippen LogP contribution in [0.4, 0.5) is 0 Å². The standard InChI is InChI=1S/C28H27BrN2O2/c1-28(2,3)30-26(32)25-24(20-13-15-22(29)16-14-20)17-21-11-7-8-12-23(21)27(33)31(25)18-19-9-5-4-6-10-19/h4-17,25H,18H2,1-3H3,(H,30,32). The molecular formula is C28H27BrN2O2. The molecule has 0 fully saturated rings. The van der Waals surface area contributed by atoms with E-state index in [-0.39, 0.29) is 11.8 Å². The number of hydrogen-bond donors (Lipinski definition) is 1. The average molecular weight is 503 g/mol. The molecule has 0 bridgehead atoms. The lowest BCUT2D eigenvalue weighted by molar-refractivity contribution is -0.125. The highest BCUT2D eigenvalue weighted by Crippen LogP contribution is 2.33. The monoisotopic (exact) mass is 502 g/mol. The molecular weight excluding hydrogens is 476 g/mol. The number of amides is 2. The van der Waals surface area contributed by atoms with Crippen LogP contribution in [0.1, 0.15) is 47.8 Å². The van der Waals surface area contributed by atoms with Crippen molar-refractivity contribution >= 4 is 39.4 Å². The van der Waals surface area contributed by atoms with Crippen molar-refractivity contribution in [1.82, 2.24) is 10.2 Å². The van der Waals surface area contributed by atoms with Crippen LogP contribution in [-0.4, -0.2) is 28.3 Å². The topological polar surface area (TPSA) is 49.4 Å². The summed E-state index contributed by atoms with van der Waals surface area (Å²) >= 11 is 3.50. The fourth-order valence-electron chi connectivity index (χ4n) is 4.05. The molecule has 4 nitrogen and oxygen atoms in total. The van der Waals surface area contributed by atoms with Gasteiger partial charge in [0.05, 0.1) is 0 Å². The summed E-state index contributed by atoms with van der Waals surface area (Å²) in [7, 11) is 0. The number of hydrogen-bond acceptors (Lipinski definition) is 2. The molecule has 0 saturated heterocycles. The number of fused-ring (bicyclic) bond motifs is 1. The van der Waals surface area contributed by atoms with Gasteiger partial charge < -0.3 is 10.2 Å². The van der Waals surface area contributed by atoms with Gasteiger partial charge in [0.1, 0.15) is 6.04 Å². The minimum Gasteiger partial charge on any atom is -0.349 e. The van der Waals surface area contributed by atoms with E-state index in [0.29, 0.717) is 12.1 Å². The number of rotatable bonds is 4. The first-order valence-corrected chi connectivity index (χ1v) is 11.8. The average Bonchev–Trinajstić information content (AvgIpc) is 2.89. The molecule has 1 heterocycles. The fraction of sp³-hybridized carbons (Fsp3) is 0.214. The Kier molecular flexibility index (Phi) is 6.52. The second-order valence-electron chi connectivity index (χ2n) is 9.25. The van der Waals surface area contributed by atoms with E-state index in [1.807, 2.05) is 106 Å². The van der Waals surface area contributed by atoms with Gasteiger partial charge in [-0.05, 0) is 67.3 Å². The van der Waals surface area contributed by atoms with Crippen LogP contribution in [0.15, 0.2) is 83.3 Å². The lowest BCUT2D eigenvalue weighted by atomic mass is 9.94. The normalized spacial score (nSPS) is 16.0. The van der Waals surface area contributed by atoms with Crippen molar-refractivity contribution in [3.05, 3.63) is 106 Å². The van der Waals surface area contributed by atoms with Crippen LogP contribution in [0.3, 0.4) is 0 Å². The van der Waals surface area contributed by atoms with Gasteiger partial charge in [0.2, 0.25) is 5.91 Å². The van der Waals surface area contributed by atoms with Crippen LogP contribution in [-0.2, 0) is 11.3 Å². The van der Waals surface area contributed by atoms with Crippen LogP contribution in [0.5, 0.6) is 0 Å². The molecule has 1 atom stereocenters. The van der Waals surface area contributed by atoms with Gasteiger partial charge in [-0.15, -0.1) is 0 Å². The summed E-state index contributed by atoms with van der Waals surface area (Å²) in [6.07, 6.45) is 1.98. The summed E-state index contributed by atoms with van der Waals surface area (Å²) in [5, 5.41) is 3.11. The zero-order valence-electron chi connectivity index (χ0n) is 19.0. The smallest absolute Gasteiger partial charge is 0.255 e. The summed E-state index contributed by atoms with van der Waals surface area (Å²) in [4.78, 5) is 29.3. The molecule has 33 heavy (non-hydrogen) atoms. The summed E-state index contributed by atoms with van der Waals surface area (Å²) in [6.45, 7) is 6.16. The Morgan fingerprint density at radius 1 is 0.939 bits per heavy atom. The van der Waals surface area contributed by atoms with Gasteiger partial charge in [-0.2, -0.15) is 0 Å². The quantitative estimate of drug-likeness (QED) is 0.480. The molecule has 5 heteroatoms. The van der Waals surface area contributed by atoms with Gasteiger partial charge in [-0.25, -0.2) is 0 Å². The first-order valence-electron chi connectivity index (χ1n) is 11.0. The molecule has 168 valence electrons. The van der Waals surface area contributed by atoms with Gasteiger partial charge in [0, 0.05) is 22.1 Å². The van der Waals surface area contributed by atoms with Gasteiger partial charge in [0.25, 0.3) is 5.91 Å². The number of carbonyl (C=O) groups excluding carboxylic acids is 2. The highest BCUT2D eigenvalue weighted by Gasteiger charge is 2.38. The third-order valence-corrected chi connectivity index (χ3v) is 6.02. The predicted octanol–water partition coefficient (Wildman–Crippen LogP) is 5.93. The molecule has 0 aliphatic carbocycles. The van der Waals surface area contributed by atoms with Crippen molar-refractivity contribution in [2.45, 2.75) is 38.9 Å². The third kappa shape index (κ3) is 5.25. The Morgan fingerprint density at radius 2 is 1.58 bits per heavy atom. The first kappa shape index (κ1) is 23.0. The lowest BCUT2D eigenvalue weighted by Gasteiger charge is -2.34. The number of benzene rings is 3. The van der Waals surface area contributed by atoms with E-state index in [1.165, 1.54) is 0 Å². The SMILES string of the molecule is CC(C)(C)NC(=O)C1C(c2ccc(Br)cc2)=Cc2ccccc2C(=O)N1Cc1ccccc1. The van der Waals surface area contributed by atoms with Gasteiger partial charge in [-0.3, -0.25) is 9.59 Å². The Labute approximate surface area is 203 Å². The molecule has 1 unspecified atom stereocenters. The number of nitrogens with zero attached hydrogens (tertiary/aromatic N) is 1. The Hall–Kier alpha value is -3.18. The van der Waals surface area contributed by atoms with Crippen molar-refractivity contribution in [3.63, 3.8) is 0 Å². The molecule has 0 aromatic heterocycles. The summed E-state index contributed by atoms with van der Waals surface area (Å²) in [5.41, 5.74) is 3.61. The van der Waals surface area contributed by atoms with Crippen LogP contribution < -0.4 is 5.32 Å². The van der Waals surface area contributed by atoms with E-state index in [0.717, 1.165) is 26.7 Å². The maximum atomic E-state index is 13.9. The number of carbonyl (C=O) groups is 2. The van der Waals surface area contributed by atoms with E-state index in [2.05, 4.69) is 21.2 Å². The summed E-state index contributed by atoms with van der Waals surface area (Å²) < 4.78 is 0.953. The maximum absolute atomic E-state index is 13.9. The summed E-state index contributed by atoms with van der Waals surface area (Å²) in [5.74, 6) is -0.361. The molecule has 3 aromatic rings. The van der Waals surface area contributed by atoms with E-state index in [9.17, 15) is 9.59 Å².